The van der Waals surface area contributed by atoms with Crippen LogP contribution in [0.4, 0.5) is 5.69 Å². The number of nitrogen functional groups attached to an aromatic ring is 1. The molecule has 1 aromatic rings. The number of ether oxygens (including phenoxy) is 1. The van der Waals surface area contributed by atoms with E-state index in [1.165, 1.54) is 0 Å². The molecule has 5 nitrogen and oxygen atoms in total. The number of methoxy groups -OCH3 is 1. The van der Waals surface area contributed by atoms with E-state index in [1.807, 2.05) is 11.9 Å². The van der Waals surface area contributed by atoms with Crippen LogP contribution in [0, 0.1) is 0 Å². The highest BCUT2D eigenvalue weighted by atomic mass is 16.5. The first-order valence-corrected chi connectivity index (χ1v) is 6.92. The van der Waals surface area contributed by atoms with Gasteiger partial charge in [-0.1, -0.05) is 0 Å². The van der Waals surface area contributed by atoms with Crippen LogP contribution >= 0.6 is 0 Å². The van der Waals surface area contributed by atoms with Crippen molar-refractivity contribution in [1.29, 1.82) is 0 Å². The van der Waals surface area contributed by atoms with E-state index in [9.17, 15) is 4.79 Å². The molecule has 0 radical (unpaired) electrons. The second-order valence-electron chi connectivity index (χ2n) is 5.43. The van der Waals surface area contributed by atoms with E-state index in [0.717, 1.165) is 25.9 Å². The molecule has 1 unspecified atom stereocenters. The zero-order valence-electron chi connectivity index (χ0n) is 12.4. The Morgan fingerprint density at radius 2 is 2.25 bits per heavy atom. The highest BCUT2D eigenvalue weighted by Crippen LogP contribution is 2.23. The maximum atomic E-state index is 12.5. The molecule has 1 amide bonds. The molecule has 1 aliphatic heterocycles. The summed E-state index contributed by atoms with van der Waals surface area (Å²) in [6.45, 7) is 2.03. The van der Waals surface area contributed by atoms with Crippen LogP contribution in [0.2, 0.25) is 0 Å². The Balaban J connectivity index is 2.11. The first-order valence-electron chi connectivity index (χ1n) is 6.92. The third-order valence-electron chi connectivity index (χ3n) is 3.94. The fraction of sp³-hybridized carbons (Fsp3) is 0.533. The molecule has 0 saturated carbocycles. The number of amides is 1. The minimum atomic E-state index is 0.0136. The van der Waals surface area contributed by atoms with Gasteiger partial charge in [0.25, 0.3) is 5.91 Å². The molecular formula is C15H23N3O2. The van der Waals surface area contributed by atoms with Gasteiger partial charge in [-0.2, -0.15) is 0 Å². The van der Waals surface area contributed by atoms with Gasteiger partial charge in [0, 0.05) is 25.2 Å². The Hall–Kier alpha value is -1.75. The van der Waals surface area contributed by atoms with Crippen LogP contribution in [0.25, 0.3) is 0 Å². The standard InChI is InChI=1S/C15H23N3O2/c1-17-8-4-5-12(10-17)18(2)15(19)11-6-7-14(20-3)13(16)9-11/h6-7,9,12H,4-5,8,10,16H2,1-3H3. The molecule has 0 aromatic heterocycles. The van der Waals surface area contributed by atoms with Crippen molar-refractivity contribution in [2.75, 3.05) is 40.0 Å². The van der Waals surface area contributed by atoms with Crippen LogP contribution in [0.15, 0.2) is 18.2 Å². The van der Waals surface area contributed by atoms with Crippen LogP contribution in [0.3, 0.4) is 0 Å². The van der Waals surface area contributed by atoms with Crippen molar-refractivity contribution >= 4 is 11.6 Å². The highest BCUT2D eigenvalue weighted by Gasteiger charge is 2.25. The van der Waals surface area contributed by atoms with Gasteiger partial charge in [-0.05, 0) is 44.6 Å². The minimum absolute atomic E-state index is 0.0136. The Morgan fingerprint density at radius 3 is 2.85 bits per heavy atom. The summed E-state index contributed by atoms with van der Waals surface area (Å²) in [6.07, 6.45) is 2.18. The number of anilines is 1. The average molecular weight is 277 g/mol. The number of carbonyl (C=O) groups excluding carboxylic acids is 1. The topological polar surface area (TPSA) is 58.8 Å². The molecule has 1 aliphatic rings. The van der Waals surface area contributed by atoms with Crippen LogP contribution in [-0.2, 0) is 0 Å². The molecule has 0 aliphatic carbocycles. The molecule has 2 N–H and O–H groups in total. The molecule has 2 rings (SSSR count). The molecule has 1 atom stereocenters. The smallest absolute Gasteiger partial charge is 0.253 e. The molecule has 1 fully saturated rings. The molecular weight excluding hydrogens is 254 g/mol. The Labute approximate surface area is 120 Å². The monoisotopic (exact) mass is 277 g/mol. The lowest BCUT2D eigenvalue weighted by atomic mass is 10.0. The van der Waals surface area contributed by atoms with Gasteiger partial charge >= 0.3 is 0 Å². The van der Waals surface area contributed by atoms with Crippen molar-refractivity contribution in [3.63, 3.8) is 0 Å². The van der Waals surface area contributed by atoms with Gasteiger partial charge < -0.3 is 20.3 Å². The zero-order chi connectivity index (χ0) is 14.7. The molecule has 110 valence electrons. The number of piperidine rings is 1. The predicted octanol–water partition coefficient (Wildman–Crippen LogP) is 1.44. The number of likely N-dealkylation sites (N-methyl/N-ethyl adjacent to an activating group) is 2. The van der Waals surface area contributed by atoms with Crippen LogP contribution in [0.5, 0.6) is 5.75 Å². The maximum Gasteiger partial charge on any atom is 0.253 e. The van der Waals surface area contributed by atoms with Crippen molar-refractivity contribution in [2.45, 2.75) is 18.9 Å². The van der Waals surface area contributed by atoms with Gasteiger partial charge in [-0.25, -0.2) is 0 Å². The second-order valence-corrected chi connectivity index (χ2v) is 5.43. The lowest BCUT2D eigenvalue weighted by Gasteiger charge is -2.35. The molecule has 0 bridgehead atoms. The molecule has 20 heavy (non-hydrogen) atoms. The van der Waals surface area contributed by atoms with E-state index in [4.69, 9.17) is 10.5 Å². The fourth-order valence-corrected chi connectivity index (χ4v) is 2.69. The summed E-state index contributed by atoms with van der Waals surface area (Å²) >= 11 is 0. The number of nitrogens with two attached hydrogens (primary N) is 1. The molecule has 0 spiro atoms. The van der Waals surface area contributed by atoms with Gasteiger partial charge in [-0.3, -0.25) is 4.79 Å². The van der Waals surface area contributed by atoms with E-state index in [-0.39, 0.29) is 11.9 Å². The van der Waals surface area contributed by atoms with E-state index >= 15 is 0 Å². The minimum Gasteiger partial charge on any atom is -0.495 e. The van der Waals surface area contributed by atoms with Crippen molar-refractivity contribution < 1.29 is 9.53 Å². The summed E-state index contributed by atoms with van der Waals surface area (Å²) in [4.78, 5) is 16.6. The molecule has 1 heterocycles. The van der Waals surface area contributed by atoms with Gasteiger partial charge in [0.05, 0.1) is 12.8 Å². The molecule has 1 aromatic carbocycles. The van der Waals surface area contributed by atoms with Gasteiger partial charge in [0.1, 0.15) is 5.75 Å². The number of hydrogen-bond acceptors (Lipinski definition) is 4. The van der Waals surface area contributed by atoms with E-state index < -0.39 is 0 Å². The highest BCUT2D eigenvalue weighted by molar-refractivity contribution is 5.95. The van der Waals surface area contributed by atoms with E-state index in [1.54, 1.807) is 25.3 Å². The zero-order valence-corrected chi connectivity index (χ0v) is 12.4. The third kappa shape index (κ3) is 3.04. The van der Waals surface area contributed by atoms with Crippen molar-refractivity contribution in [1.82, 2.24) is 9.80 Å². The average Bonchev–Trinajstić information content (AvgIpc) is 2.45. The van der Waals surface area contributed by atoms with Gasteiger partial charge in [0.15, 0.2) is 0 Å². The molecule has 1 saturated heterocycles. The van der Waals surface area contributed by atoms with Gasteiger partial charge in [-0.15, -0.1) is 0 Å². The van der Waals surface area contributed by atoms with Crippen LogP contribution in [0.1, 0.15) is 23.2 Å². The molecule has 5 heteroatoms. The maximum absolute atomic E-state index is 12.5. The predicted molar refractivity (Wildman–Crippen MR) is 80.0 cm³/mol. The Bertz CT molecular complexity index is 490. The number of hydrogen-bond donors (Lipinski definition) is 1. The Kier molecular flexibility index (Phi) is 4.49. The summed E-state index contributed by atoms with van der Waals surface area (Å²) in [5.41, 5.74) is 6.97. The normalized spacial score (nSPS) is 19.6. The quantitative estimate of drug-likeness (QED) is 0.849. The summed E-state index contributed by atoms with van der Waals surface area (Å²) in [5, 5.41) is 0. The lowest BCUT2D eigenvalue weighted by Crippen LogP contribution is -2.47. The third-order valence-corrected chi connectivity index (χ3v) is 3.94. The Morgan fingerprint density at radius 1 is 1.50 bits per heavy atom. The fourth-order valence-electron chi connectivity index (χ4n) is 2.69. The van der Waals surface area contributed by atoms with Crippen molar-refractivity contribution in [2.24, 2.45) is 0 Å². The SMILES string of the molecule is COc1ccc(C(=O)N(C)C2CCCN(C)C2)cc1N. The lowest BCUT2D eigenvalue weighted by molar-refractivity contribution is 0.0644. The van der Waals surface area contributed by atoms with Crippen molar-refractivity contribution in [3.05, 3.63) is 23.8 Å². The number of carbonyl (C=O) groups is 1. The summed E-state index contributed by atoms with van der Waals surface area (Å²) in [6, 6.07) is 5.46. The number of benzene rings is 1. The van der Waals surface area contributed by atoms with E-state index in [0.29, 0.717) is 17.0 Å². The first-order chi connectivity index (χ1) is 9.52. The van der Waals surface area contributed by atoms with Crippen LogP contribution < -0.4 is 10.5 Å². The largest absolute Gasteiger partial charge is 0.495 e. The first kappa shape index (κ1) is 14.7. The van der Waals surface area contributed by atoms with E-state index in [2.05, 4.69) is 11.9 Å². The number of nitrogens with zero attached hydrogens (tertiary/aromatic N) is 2. The number of likely N-dealkylation sites (tertiary alicyclic amines) is 1. The summed E-state index contributed by atoms with van der Waals surface area (Å²) in [5.74, 6) is 0.612. The van der Waals surface area contributed by atoms with Gasteiger partial charge in [0.2, 0.25) is 0 Å². The summed E-state index contributed by atoms with van der Waals surface area (Å²) < 4.78 is 5.11. The van der Waals surface area contributed by atoms with Crippen molar-refractivity contribution in [3.8, 4) is 5.75 Å². The number of rotatable bonds is 3. The second kappa shape index (κ2) is 6.13. The van der Waals surface area contributed by atoms with Crippen LogP contribution in [-0.4, -0.2) is 56.0 Å². The summed E-state index contributed by atoms with van der Waals surface area (Å²) in [7, 11) is 5.53.